The summed E-state index contributed by atoms with van der Waals surface area (Å²) >= 11 is 0. The van der Waals surface area contributed by atoms with E-state index in [1.54, 1.807) is 18.2 Å². The highest BCUT2D eigenvalue weighted by Crippen LogP contribution is 2.34. The molecule has 1 heterocycles. The average Bonchev–Trinajstić information content (AvgIpc) is 2.84. The molecule has 3 aromatic rings. The number of halogens is 1. The number of nitrogens with one attached hydrogen (secondary N) is 1. The van der Waals surface area contributed by atoms with E-state index in [0.717, 1.165) is 35.9 Å². The molecule has 0 bridgehead atoms. The molecule has 37 heavy (non-hydrogen) atoms. The molecule has 0 saturated carbocycles. The Kier molecular flexibility index (Phi) is 8.02. The maximum atomic E-state index is 14.4. The van der Waals surface area contributed by atoms with E-state index in [-0.39, 0.29) is 24.6 Å². The molecule has 1 aliphatic rings. The lowest BCUT2D eigenvalue weighted by Crippen LogP contribution is -2.36. The van der Waals surface area contributed by atoms with Crippen LogP contribution in [-0.4, -0.2) is 31.8 Å². The first-order chi connectivity index (χ1) is 17.6. The molecule has 1 aliphatic heterocycles. The molecule has 0 aliphatic carbocycles. The molecule has 0 saturated heterocycles. The molecule has 1 atom stereocenters. The van der Waals surface area contributed by atoms with E-state index >= 15 is 0 Å². The van der Waals surface area contributed by atoms with E-state index in [1.807, 2.05) is 24.3 Å². The van der Waals surface area contributed by atoms with Crippen LogP contribution in [0.4, 0.5) is 15.8 Å². The van der Waals surface area contributed by atoms with Crippen molar-refractivity contribution in [2.24, 2.45) is 0 Å². The van der Waals surface area contributed by atoms with Gasteiger partial charge < -0.3 is 19.5 Å². The van der Waals surface area contributed by atoms with Gasteiger partial charge in [-0.1, -0.05) is 36.4 Å². The van der Waals surface area contributed by atoms with Crippen LogP contribution < -0.4 is 14.4 Å². The van der Waals surface area contributed by atoms with Crippen LogP contribution in [0.2, 0.25) is 0 Å². The number of benzene rings is 3. The van der Waals surface area contributed by atoms with Gasteiger partial charge in [-0.2, -0.15) is 8.42 Å². The predicted octanol–water partition coefficient (Wildman–Crippen LogP) is 5.13. The highest BCUT2D eigenvalue weighted by Gasteiger charge is 2.24. The summed E-state index contributed by atoms with van der Waals surface area (Å²) in [6.07, 6.45) is 3.02. The first-order valence-electron chi connectivity index (χ1n) is 12.2. The summed E-state index contributed by atoms with van der Waals surface area (Å²) in [6, 6.07) is 18.6. The molecule has 0 radical (unpaired) electrons. The SMILES string of the molecule is CC1CCc2ccccc2N1Cc1ccc(CNc2ccc(CCC(=O)O)c(F)c2)cc1OS(C)(=O)=O. The Balaban J connectivity index is 1.53. The van der Waals surface area contributed by atoms with Gasteiger partial charge in [0.1, 0.15) is 11.6 Å². The van der Waals surface area contributed by atoms with Gasteiger partial charge in [0, 0.05) is 42.5 Å². The maximum absolute atomic E-state index is 14.4. The van der Waals surface area contributed by atoms with Crippen molar-refractivity contribution in [3.63, 3.8) is 0 Å². The van der Waals surface area contributed by atoms with Crippen LogP contribution >= 0.6 is 0 Å². The molecule has 9 heteroatoms. The summed E-state index contributed by atoms with van der Waals surface area (Å²) < 4.78 is 43.8. The first kappa shape index (κ1) is 26.5. The van der Waals surface area contributed by atoms with Gasteiger partial charge in [0.25, 0.3) is 0 Å². The Morgan fingerprint density at radius 2 is 1.89 bits per heavy atom. The Morgan fingerprint density at radius 3 is 2.62 bits per heavy atom. The van der Waals surface area contributed by atoms with Crippen LogP contribution in [0.1, 0.15) is 42.0 Å². The molecule has 0 spiro atoms. The average molecular weight is 527 g/mol. The molecule has 3 aromatic carbocycles. The van der Waals surface area contributed by atoms with Crippen molar-refractivity contribution in [2.45, 2.75) is 51.7 Å². The minimum Gasteiger partial charge on any atom is -0.481 e. The molecular weight excluding hydrogens is 495 g/mol. The number of hydrogen-bond donors (Lipinski definition) is 2. The maximum Gasteiger partial charge on any atom is 0.306 e. The number of fused-ring (bicyclic) bond motifs is 1. The van der Waals surface area contributed by atoms with Crippen molar-refractivity contribution < 1.29 is 26.9 Å². The smallest absolute Gasteiger partial charge is 0.306 e. The molecule has 7 nitrogen and oxygen atoms in total. The van der Waals surface area contributed by atoms with E-state index in [0.29, 0.717) is 24.3 Å². The van der Waals surface area contributed by atoms with Gasteiger partial charge in [-0.15, -0.1) is 0 Å². The molecule has 2 N–H and O–H groups in total. The minimum atomic E-state index is -3.75. The number of rotatable bonds is 10. The highest BCUT2D eigenvalue weighted by molar-refractivity contribution is 7.86. The van der Waals surface area contributed by atoms with Gasteiger partial charge in [-0.05, 0) is 67.1 Å². The zero-order chi connectivity index (χ0) is 26.6. The number of carboxylic acids is 1. The third-order valence-electron chi connectivity index (χ3n) is 6.54. The number of aliphatic carboxylic acids is 1. The van der Waals surface area contributed by atoms with Gasteiger partial charge in [0.15, 0.2) is 0 Å². The second kappa shape index (κ2) is 11.2. The van der Waals surface area contributed by atoms with E-state index < -0.39 is 21.9 Å². The normalized spacial score (nSPS) is 15.2. The van der Waals surface area contributed by atoms with Crippen LogP contribution in [0.25, 0.3) is 0 Å². The number of anilines is 2. The predicted molar refractivity (Wildman–Crippen MR) is 142 cm³/mol. The molecule has 0 amide bonds. The third-order valence-corrected chi connectivity index (χ3v) is 7.02. The van der Waals surface area contributed by atoms with E-state index in [1.165, 1.54) is 11.6 Å². The first-order valence-corrected chi connectivity index (χ1v) is 14.0. The second-order valence-electron chi connectivity index (χ2n) is 9.43. The van der Waals surface area contributed by atoms with Crippen LogP contribution in [0, 0.1) is 5.82 Å². The summed E-state index contributed by atoms with van der Waals surface area (Å²) in [7, 11) is -3.75. The molecule has 196 valence electrons. The number of para-hydroxylation sites is 1. The lowest BCUT2D eigenvalue weighted by Gasteiger charge is -2.37. The molecule has 4 rings (SSSR count). The summed E-state index contributed by atoms with van der Waals surface area (Å²) in [5, 5.41) is 11.9. The Morgan fingerprint density at radius 1 is 1.14 bits per heavy atom. The van der Waals surface area contributed by atoms with Crippen molar-refractivity contribution in [3.8, 4) is 5.75 Å². The molecule has 0 fully saturated rings. The van der Waals surface area contributed by atoms with Gasteiger partial charge in [0.05, 0.1) is 6.26 Å². The van der Waals surface area contributed by atoms with Crippen molar-refractivity contribution in [3.05, 3.63) is 88.7 Å². The third kappa shape index (κ3) is 7.01. The highest BCUT2D eigenvalue weighted by atomic mass is 32.2. The van der Waals surface area contributed by atoms with Gasteiger partial charge in [0.2, 0.25) is 0 Å². The monoisotopic (exact) mass is 526 g/mol. The zero-order valence-electron chi connectivity index (χ0n) is 20.9. The summed E-state index contributed by atoms with van der Waals surface area (Å²) in [5.74, 6) is -1.18. The largest absolute Gasteiger partial charge is 0.481 e. The number of aryl methyl sites for hydroxylation is 2. The van der Waals surface area contributed by atoms with Crippen LogP contribution in [-0.2, 0) is 40.8 Å². The Labute approximate surface area is 217 Å². The standard InChI is InChI=1S/C28H31FN2O5S/c1-19-7-9-22-5-3-4-6-26(22)31(19)18-23-10-8-20(15-27(23)36-37(2,34)35)17-30-24-13-11-21(25(29)16-24)12-14-28(32)33/h3-6,8,10-11,13,15-16,19,30H,7,9,12,14,17-18H2,1-2H3,(H,32,33). The van der Waals surface area contributed by atoms with Gasteiger partial charge >= 0.3 is 16.1 Å². The number of carbonyl (C=O) groups is 1. The van der Waals surface area contributed by atoms with E-state index in [4.69, 9.17) is 9.29 Å². The number of carboxylic acid groups (broad SMARTS) is 1. The lowest BCUT2D eigenvalue weighted by molar-refractivity contribution is -0.136. The molecule has 1 unspecified atom stereocenters. The Hall–Kier alpha value is -3.59. The fourth-order valence-corrected chi connectivity index (χ4v) is 5.05. The van der Waals surface area contributed by atoms with Crippen molar-refractivity contribution in [2.75, 3.05) is 16.5 Å². The van der Waals surface area contributed by atoms with Gasteiger partial charge in [-0.25, -0.2) is 4.39 Å². The summed E-state index contributed by atoms with van der Waals surface area (Å²) in [5.41, 5.74) is 4.82. The topological polar surface area (TPSA) is 95.9 Å². The van der Waals surface area contributed by atoms with Crippen molar-refractivity contribution in [1.82, 2.24) is 0 Å². The Bertz CT molecular complexity index is 1390. The molecule has 0 aromatic heterocycles. The van der Waals surface area contributed by atoms with E-state index in [2.05, 4.69) is 29.3 Å². The van der Waals surface area contributed by atoms with Crippen LogP contribution in [0.5, 0.6) is 5.75 Å². The fraction of sp³-hybridized carbons (Fsp3) is 0.321. The van der Waals surface area contributed by atoms with Crippen LogP contribution in [0.15, 0.2) is 60.7 Å². The number of hydrogen-bond acceptors (Lipinski definition) is 6. The van der Waals surface area contributed by atoms with Gasteiger partial charge in [-0.3, -0.25) is 4.79 Å². The number of nitrogens with zero attached hydrogens (tertiary/aromatic N) is 1. The quantitative estimate of drug-likeness (QED) is 0.354. The van der Waals surface area contributed by atoms with E-state index in [9.17, 15) is 17.6 Å². The lowest BCUT2D eigenvalue weighted by atomic mass is 9.96. The van der Waals surface area contributed by atoms with Crippen molar-refractivity contribution in [1.29, 1.82) is 0 Å². The summed E-state index contributed by atoms with van der Waals surface area (Å²) in [6.45, 7) is 2.98. The van der Waals surface area contributed by atoms with Crippen LogP contribution in [0.3, 0.4) is 0 Å². The molecular formula is C28H31FN2O5S. The second-order valence-corrected chi connectivity index (χ2v) is 11.0. The van der Waals surface area contributed by atoms with Crippen molar-refractivity contribution >= 4 is 27.5 Å². The zero-order valence-corrected chi connectivity index (χ0v) is 21.7. The fourth-order valence-electron chi connectivity index (χ4n) is 4.57. The minimum absolute atomic E-state index is 0.120. The summed E-state index contributed by atoms with van der Waals surface area (Å²) in [4.78, 5) is 13.0.